The SMILES string of the molecule is COc1ccc(N2C(=O)[C@H]3[C@H]4C[C@@H]([C@@H]3C2=O)[C@@H]2[C@H](c3cc(Br)ccc3OCC(=O)Nc3ccc(Cl)c(Cl)c3)c3sc(=O)[nH]c3S[C@H]42)cc1. The quantitative estimate of drug-likeness (QED) is 0.190. The highest BCUT2D eigenvalue weighted by atomic mass is 79.9. The van der Waals surface area contributed by atoms with Gasteiger partial charge in [-0.05, 0) is 84.8 Å². The van der Waals surface area contributed by atoms with E-state index in [1.54, 1.807) is 61.3 Å². The Morgan fingerprint density at radius 2 is 1.75 bits per heavy atom. The molecule has 0 spiro atoms. The Bertz CT molecular complexity index is 2050. The van der Waals surface area contributed by atoms with Crippen LogP contribution in [0.2, 0.25) is 10.0 Å². The molecule has 4 aliphatic rings. The topological polar surface area (TPSA) is 118 Å². The van der Waals surface area contributed by atoms with Crippen LogP contribution in [-0.2, 0) is 14.4 Å². The molecule has 48 heavy (non-hydrogen) atoms. The van der Waals surface area contributed by atoms with Gasteiger partial charge >= 0.3 is 4.87 Å². The number of amides is 3. The van der Waals surface area contributed by atoms with E-state index in [2.05, 4.69) is 26.2 Å². The number of fused-ring (bicyclic) bond motifs is 9. The number of thioether (sulfide) groups is 1. The first-order valence-corrected chi connectivity index (χ1v) is 18.5. The van der Waals surface area contributed by atoms with E-state index in [-0.39, 0.29) is 58.1 Å². The van der Waals surface area contributed by atoms with Crippen LogP contribution in [-0.4, -0.2) is 41.7 Å². The number of hydrogen-bond acceptors (Lipinski definition) is 8. The van der Waals surface area contributed by atoms with E-state index in [1.807, 2.05) is 18.2 Å². The minimum absolute atomic E-state index is 0.00338. The van der Waals surface area contributed by atoms with Crippen molar-refractivity contribution in [3.05, 3.63) is 95.3 Å². The average Bonchev–Trinajstić information content (AvgIpc) is 3.81. The normalized spacial score (nSPS) is 26.7. The number of benzene rings is 3. The molecule has 3 fully saturated rings. The first kappa shape index (κ1) is 31.9. The fourth-order valence-corrected chi connectivity index (χ4v) is 11.7. The maximum atomic E-state index is 14.1. The van der Waals surface area contributed by atoms with Crippen molar-refractivity contribution in [3.63, 3.8) is 0 Å². The van der Waals surface area contributed by atoms with Crippen LogP contribution in [0, 0.1) is 29.6 Å². The lowest BCUT2D eigenvalue weighted by Gasteiger charge is -2.43. The maximum Gasteiger partial charge on any atom is 0.305 e. The number of nitrogens with zero attached hydrogens (tertiary/aromatic N) is 1. The van der Waals surface area contributed by atoms with Crippen molar-refractivity contribution in [1.82, 2.24) is 4.98 Å². The minimum Gasteiger partial charge on any atom is -0.497 e. The second-order valence-electron chi connectivity index (χ2n) is 12.3. The van der Waals surface area contributed by atoms with Gasteiger partial charge in [0, 0.05) is 31.8 Å². The number of carbonyl (C=O) groups is 3. The van der Waals surface area contributed by atoms with E-state index >= 15 is 0 Å². The van der Waals surface area contributed by atoms with Crippen LogP contribution in [0.25, 0.3) is 0 Å². The second kappa shape index (κ2) is 12.2. The average molecular weight is 788 g/mol. The molecule has 7 atom stereocenters. The van der Waals surface area contributed by atoms with Gasteiger partial charge in [0.05, 0.1) is 39.7 Å². The standard InChI is InChI=1S/C34H26BrCl2N3O6S2/c1-45-17-6-4-16(5-7-17)40-32(42)27-19-12-20(28(27)33(40)43)29-26(19)25(30-31(47-29)39-34(44)48-30)18-10-14(35)2-9-23(18)46-13-24(41)38-15-3-8-21(36)22(37)11-15/h2-11,19-20,25-29H,12-13H2,1H3,(H,38,41)(H,39,44)/t19-,20-,25+,26-,27+,28+,29-/m1/s1. The van der Waals surface area contributed by atoms with Crippen molar-refractivity contribution in [2.75, 3.05) is 23.9 Å². The number of aromatic amines is 1. The van der Waals surface area contributed by atoms with E-state index in [1.165, 1.54) is 4.90 Å². The summed E-state index contributed by atoms with van der Waals surface area (Å²) in [6, 6.07) is 17.4. The number of halogens is 3. The number of imide groups is 1. The van der Waals surface area contributed by atoms with Crippen LogP contribution in [0.15, 0.2) is 75.0 Å². The number of anilines is 2. The minimum atomic E-state index is -0.459. The molecule has 3 heterocycles. The summed E-state index contributed by atoms with van der Waals surface area (Å²) in [5.41, 5.74) is 1.84. The molecule has 3 amide bonds. The molecule has 3 aromatic carbocycles. The monoisotopic (exact) mass is 785 g/mol. The largest absolute Gasteiger partial charge is 0.497 e. The van der Waals surface area contributed by atoms with Crippen LogP contribution < -0.4 is 24.6 Å². The first-order valence-electron chi connectivity index (χ1n) is 15.2. The number of carbonyl (C=O) groups excluding carboxylic acids is 3. The van der Waals surface area contributed by atoms with Crippen LogP contribution >= 0.6 is 62.2 Å². The maximum absolute atomic E-state index is 14.1. The number of nitrogens with one attached hydrogen (secondary N) is 2. The summed E-state index contributed by atoms with van der Waals surface area (Å²) in [6.07, 6.45) is 0.748. The van der Waals surface area contributed by atoms with Gasteiger partial charge in [-0.1, -0.05) is 50.5 Å². The molecular weight excluding hydrogens is 761 g/mol. The third-order valence-corrected chi connectivity index (χ3v) is 13.7. The fourth-order valence-electron chi connectivity index (χ4n) is 8.16. The van der Waals surface area contributed by atoms with Crippen molar-refractivity contribution in [2.45, 2.75) is 22.6 Å². The molecule has 0 unspecified atom stereocenters. The van der Waals surface area contributed by atoms with E-state index in [4.69, 9.17) is 32.7 Å². The van der Waals surface area contributed by atoms with Crippen LogP contribution in [0.3, 0.4) is 0 Å². The van der Waals surface area contributed by atoms with Gasteiger partial charge in [-0.3, -0.25) is 24.1 Å². The summed E-state index contributed by atoms with van der Waals surface area (Å²) < 4.78 is 12.3. The van der Waals surface area contributed by atoms with Crippen LogP contribution in [0.1, 0.15) is 22.8 Å². The molecule has 4 aromatic rings. The van der Waals surface area contributed by atoms with Crippen molar-refractivity contribution < 1.29 is 23.9 Å². The zero-order valence-electron chi connectivity index (χ0n) is 25.1. The summed E-state index contributed by atoms with van der Waals surface area (Å²) in [5.74, 6) is -0.939. The molecule has 2 bridgehead atoms. The highest BCUT2D eigenvalue weighted by Gasteiger charge is 2.69. The number of hydrogen-bond donors (Lipinski definition) is 2. The molecule has 2 aliphatic carbocycles. The Labute approximate surface area is 301 Å². The van der Waals surface area contributed by atoms with Gasteiger partial charge in [0.25, 0.3) is 5.91 Å². The van der Waals surface area contributed by atoms with Crippen molar-refractivity contribution in [2.24, 2.45) is 29.6 Å². The lowest BCUT2D eigenvalue weighted by molar-refractivity contribution is -0.123. The smallest absolute Gasteiger partial charge is 0.305 e. The van der Waals surface area contributed by atoms with Gasteiger partial charge in [0.2, 0.25) is 11.8 Å². The molecule has 1 saturated heterocycles. The number of rotatable bonds is 7. The molecule has 8 rings (SSSR count). The predicted octanol–water partition coefficient (Wildman–Crippen LogP) is 7.21. The summed E-state index contributed by atoms with van der Waals surface area (Å²) in [4.78, 5) is 58.9. The zero-order valence-corrected chi connectivity index (χ0v) is 29.8. The summed E-state index contributed by atoms with van der Waals surface area (Å²) in [7, 11) is 1.57. The van der Waals surface area contributed by atoms with Crippen molar-refractivity contribution >= 4 is 91.3 Å². The molecule has 2 aliphatic heterocycles. The van der Waals surface area contributed by atoms with Gasteiger partial charge in [0.1, 0.15) is 11.5 Å². The molecular formula is C34H26BrCl2N3O6S2. The highest BCUT2D eigenvalue weighted by molar-refractivity contribution is 9.10. The van der Waals surface area contributed by atoms with Gasteiger partial charge in [0.15, 0.2) is 6.61 Å². The zero-order chi connectivity index (χ0) is 33.4. The van der Waals surface area contributed by atoms with Gasteiger partial charge in [-0.25, -0.2) is 0 Å². The number of H-pyrrole nitrogens is 1. The van der Waals surface area contributed by atoms with E-state index in [0.29, 0.717) is 32.9 Å². The lowest BCUT2D eigenvalue weighted by atomic mass is 9.68. The number of ether oxygens (including phenoxy) is 2. The molecule has 9 nitrogen and oxygen atoms in total. The molecule has 0 radical (unpaired) electrons. The Kier molecular flexibility index (Phi) is 8.15. The Balaban J connectivity index is 1.12. The number of methoxy groups -OCH3 is 1. The highest BCUT2D eigenvalue weighted by Crippen LogP contribution is 2.69. The van der Waals surface area contributed by atoms with Crippen LogP contribution in [0.4, 0.5) is 11.4 Å². The second-order valence-corrected chi connectivity index (χ2v) is 16.3. The lowest BCUT2D eigenvalue weighted by Crippen LogP contribution is -2.42. The third-order valence-electron chi connectivity index (χ3n) is 9.92. The third kappa shape index (κ3) is 5.19. The van der Waals surface area contributed by atoms with Gasteiger partial charge in [-0.2, -0.15) is 0 Å². The Morgan fingerprint density at radius 1 is 1.00 bits per heavy atom. The Hall–Kier alpha value is -3.29. The molecule has 1 aromatic heterocycles. The van der Waals surface area contributed by atoms with E-state index in [9.17, 15) is 19.2 Å². The number of thiazole rings is 1. The number of aromatic nitrogens is 1. The van der Waals surface area contributed by atoms with Gasteiger partial charge < -0.3 is 19.8 Å². The van der Waals surface area contributed by atoms with Crippen molar-refractivity contribution in [3.8, 4) is 11.5 Å². The Morgan fingerprint density at radius 3 is 2.48 bits per heavy atom. The predicted molar refractivity (Wildman–Crippen MR) is 189 cm³/mol. The van der Waals surface area contributed by atoms with E-state index in [0.717, 1.165) is 37.7 Å². The molecule has 2 N–H and O–H groups in total. The van der Waals surface area contributed by atoms with Crippen molar-refractivity contribution in [1.29, 1.82) is 0 Å². The van der Waals surface area contributed by atoms with E-state index < -0.39 is 11.8 Å². The first-order chi connectivity index (χ1) is 23.1. The summed E-state index contributed by atoms with van der Waals surface area (Å²) in [5, 5.41) is 4.26. The summed E-state index contributed by atoms with van der Waals surface area (Å²) in [6.45, 7) is -0.277. The molecule has 246 valence electrons. The molecule has 2 saturated carbocycles. The van der Waals surface area contributed by atoms with Crippen LogP contribution in [0.5, 0.6) is 11.5 Å². The molecule has 14 heteroatoms. The van der Waals surface area contributed by atoms with Gasteiger partial charge in [-0.15, -0.1) is 11.8 Å². The fraction of sp³-hybridized carbons (Fsp3) is 0.294. The summed E-state index contributed by atoms with van der Waals surface area (Å²) >= 11 is 18.5.